The van der Waals surface area contributed by atoms with Gasteiger partial charge in [-0.3, -0.25) is 9.59 Å². The van der Waals surface area contributed by atoms with Crippen LogP contribution in [-0.2, 0) is 25.6 Å². The number of ether oxygens (including phenoxy) is 2. The van der Waals surface area contributed by atoms with Crippen molar-refractivity contribution in [1.82, 2.24) is 4.98 Å². The Morgan fingerprint density at radius 3 is 2.61 bits per heavy atom. The van der Waals surface area contributed by atoms with Crippen LogP contribution in [0.1, 0.15) is 84.3 Å². The van der Waals surface area contributed by atoms with Crippen molar-refractivity contribution < 1.29 is 29.3 Å². The van der Waals surface area contributed by atoms with E-state index in [0.29, 0.717) is 13.0 Å². The molecule has 2 aliphatic heterocycles. The van der Waals surface area contributed by atoms with Crippen LogP contribution in [0.2, 0.25) is 0 Å². The fourth-order valence-corrected chi connectivity index (χ4v) is 5.74. The van der Waals surface area contributed by atoms with Crippen molar-refractivity contribution in [1.29, 1.82) is 0 Å². The zero-order valence-electron chi connectivity index (χ0n) is 22.3. The maximum Gasteiger partial charge on any atom is 0.309 e. The molecule has 1 aromatic rings. The fraction of sp³-hybridized carbons (Fsp3) is 0.741. The molecule has 2 aliphatic rings. The second kappa shape index (κ2) is 11.4. The number of hydrogen-bond donors (Lipinski definition) is 3. The Hall–Kier alpha value is -1.65. The summed E-state index contributed by atoms with van der Waals surface area (Å²) in [4.78, 5) is 30.7. The van der Waals surface area contributed by atoms with Gasteiger partial charge in [-0.1, -0.05) is 34.1 Å². The molecule has 0 saturated carbocycles. The van der Waals surface area contributed by atoms with E-state index in [2.05, 4.69) is 11.9 Å². The SMILES string of the molecule is C/C(=C\c1csc(CN)n1)C1CC2OC2(C)CCCC(C)C(O)C(C)C(=O)C(C)(C)C(O)CC(=O)O1. The molecule has 1 aromatic heterocycles. The zero-order chi connectivity index (χ0) is 26.8. The Morgan fingerprint density at radius 2 is 1.97 bits per heavy atom. The standard InChI is InChI=1S/C27H42N2O6S/c1-15-8-7-9-27(6)21(35-27)11-19(16(2)10-18-14-36-22(13-28)29-18)34-23(31)12-20(30)26(4,5)25(33)17(3)24(15)32/h10,14-15,17,19-21,24,30,32H,7-9,11-13,28H2,1-6H3/b16-10+. The van der Waals surface area contributed by atoms with Gasteiger partial charge in [0.2, 0.25) is 0 Å². The van der Waals surface area contributed by atoms with Crippen LogP contribution in [0.3, 0.4) is 0 Å². The van der Waals surface area contributed by atoms with Crippen LogP contribution in [0.5, 0.6) is 0 Å². The molecule has 0 aromatic carbocycles. The van der Waals surface area contributed by atoms with E-state index in [-0.39, 0.29) is 29.8 Å². The maximum absolute atomic E-state index is 13.2. The lowest BCUT2D eigenvalue weighted by Gasteiger charge is -2.34. The van der Waals surface area contributed by atoms with E-state index >= 15 is 0 Å². The quantitative estimate of drug-likeness (QED) is 0.405. The van der Waals surface area contributed by atoms with Gasteiger partial charge in [0.25, 0.3) is 0 Å². The summed E-state index contributed by atoms with van der Waals surface area (Å²) in [6.07, 6.45) is 1.80. The largest absolute Gasteiger partial charge is 0.458 e. The number of rotatable bonds is 3. The van der Waals surface area contributed by atoms with Crippen LogP contribution in [-0.4, -0.2) is 57.0 Å². The van der Waals surface area contributed by atoms with Gasteiger partial charge in [-0.25, -0.2) is 4.98 Å². The number of nitrogens with zero attached hydrogens (tertiary/aromatic N) is 1. The van der Waals surface area contributed by atoms with Crippen LogP contribution >= 0.6 is 11.3 Å². The molecule has 0 bridgehead atoms. The molecule has 0 amide bonds. The highest BCUT2D eigenvalue weighted by Gasteiger charge is 2.53. The van der Waals surface area contributed by atoms with Gasteiger partial charge in [0.1, 0.15) is 16.9 Å². The third-order valence-electron chi connectivity index (χ3n) is 8.03. The van der Waals surface area contributed by atoms with Crippen molar-refractivity contribution in [3.63, 3.8) is 0 Å². The van der Waals surface area contributed by atoms with Crippen molar-refractivity contribution >= 4 is 29.2 Å². The maximum atomic E-state index is 13.2. The third-order valence-corrected chi connectivity index (χ3v) is 8.92. The number of hydrogen-bond acceptors (Lipinski definition) is 9. The van der Waals surface area contributed by atoms with Gasteiger partial charge in [0.05, 0.1) is 41.4 Å². The normalized spacial score (nSPS) is 36.8. The summed E-state index contributed by atoms with van der Waals surface area (Å²) in [5, 5.41) is 24.5. The lowest BCUT2D eigenvalue weighted by molar-refractivity contribution is -0.154. The van der Waals surface area contributed by atoms with Gasteiger partial charge in [0.15, 0.2) is 0 Å². The number of ketones is 1. The van der Waals surface area contributed by atoms with Crippen LogP contribution in [0.25, 0.3) is 6.08 Å². The average Bonchev–Trinajstić information content (AvgIpc) is 3.23. The molecule has 36 heavy (non-hydrogen) atoms. The second-order valence-electron chi connectivity index (χ2n) is 11.3. The first-order valence-electron chi connectivity index (χ1n) is 12.9. The zero-order valence-corrected chi connectivity index (χ0v) is 23.1. The predicted molar refractivity (Wildman–Crippen MR) is 139 cm³/mol. The number of esters is 1. The highest BCUT2D eigenvalue weighted by Crippen LogP contribution is 2.45. The van der Waals surface area contributed by atoms with Gasteiger partial charge in [0, 0.05) is 24.3 Å². The van der Waals surface area contributed by atoms with Crippen LogP contribution < -0.4 is 5.73 Å². The molecule has 3 rings (SSSR count). The smallest absolute Gasteiger partial charge is 0.309 e. The Bertz CT molecular complexity index is 975. The molecule has 7 atom stereocenters. The van der Waals surface area contributed by atoms with Gasteiger partial charge in [-0.05, 0) is 44.3 Å². The minimum absolute atomic E-state index is 0.0660. The molecule has 8 nitrogen and oxygen atoms in total. The Labute approximate surface area is 218 Å². The number of carbonyl (C=O) groups is 2. The minimum Gasteiger partial charge on any atom is -0.458 e. The van der Waals surface area contributed by atoms with Gasteiger partial charge >= 0.3 is 5.97 Å². The summed E-state index contributed by atoms with van der Waals surface area (Å²) < 4.78 is 11.9. The summed E-state index contributed by atoms with van der Waals surface area (Å²) in [5.74, 6) is -1.59. The Morgan fingerprint density at radius 1 is 1.28 bits per heavy atom. The number of thiazole rings is 1. The molecule has 0 radical (unpaired) electrons. The van der Waals surface area contributed by atoms with E-state index in [1.165, 1.54) is 11.3 Å². The highest BCUT2D eigenvalue weighted by atomic mass is 32.1. The molecule has 2 saturated heterocycles. The topological polar surface area (TPSA) is 135 Å². The molecular formula is C27H42N2O6S. The Balaban J connectivity index is 1.85. The molecule has 3 heterocycles. The molecule has 0 spiro atoms. The highest BCUT2D eigenvalue weighted by molar-refractivity contribution is 7.09. The number of carbonyl (C=O) groups excluding carboxylic acids is 2. The summed E-state index contributed by atoms with van der Waals surface area (Å²) >= 11 is 1.48. The first-order chi connectivity index (χ1) is 16.8. The summed E-state index contributed by atoms with van der Waals surface area (Å²) in [6, 6.07) is 0. The number of Topliss-reactive ketones (excluding diaryl/α,β-unsaturated/α-hetero) is 1. The lowest BCUT2D eigenvalue weighted by atomic mass is 9.73. The van der Waals surface area contributed by atoms with Gasteiger partial charge in [-0.15, -0.1) is 11.3 Å². The minimum atomic E-state index is -1.24. The van der Waals surface area contributed by atoms with Gasteiger partial charge in [-0.2, -0.15) is 0 Å². The number of fused-ring (bicyclic) bond motifs is 1. The number of cyclic esters (lactones) is 1. The number of aliphatic hydroxyl groups is 2. The van der Waals surface area contributed by atoms with E-state index in [1.807, 2.05) is 25.3 Å². The van der Waals surface area contributed by atoms with E-state index in [0.717, 1.165) is 35.5 Å². The van der Waals surface area contributed by atoms with Crippen molar-refractivity contribution in [2.45, 2.75) is 110 Å². The summed E-state index contributed by atoms with van der Waals surface area (Å²) in [7, 11) is 0. The average molecular weight is 523 g/mol. The number of epoxide rings is 1. The second-order valence-corrected chi connectivity index (χ2v) is 12.3. The van der Waals surface area contributed by atoms with Crippen LogP contribution in [0.15, 0.2) is 11.0 Å². The molecule has 7 unspecified atom stereocenters. The molecule has 2 fully saturated rings. The fourth-order valence-electron chi connectivity index (χ4n) is 5.11. The van der Waals surface area contributed by atoms with Crippen LogP contribution in [0.4, 0.5) is 0 Å². The van der Waals surface area contributed by atoms with E-state index < -0.39 is 35.6 Å². The van der Waals surface area contributed by atoms with Crippen molar-refractivity contribution in [3.05, 3.63) is 21.7 Å². The summed E-state index contributed by atoms with van der Waals surface area (Å²) in [5.41, 5.74) is 5.74. The van der Waals surface area contributed by atoms with E-state index in [9.17, 15) is 19.8 Å². The van der Waals surface area contributed by atoms with Crippen molar-refractivity contribution in [2.24, 2.45) is 23.0 Å². The van der Waals surface area contributed by atoms with Gasteiger partial charge < -0.3 is 25.4 Å². The number of aromatic nitrogens is 1. The first-order valence-corrected chi connectivity index (χ1v) is 13.8. The van der Waals surface area contributed by atoms with E-state index in [1.54, 1.807) is 20.8 Å². The monoisotopic (exact) mass is 522 g/mol. The number of nitrogens with two attached hydrogens (primary N) is 1. The van der Waals surface area contributed by atoms with Crippen molar-refractivity contribution in [3.8, 4) is 0 Å². The lowest BCUT2D eigenvalue weighted by Crippen LogP contribution is -2.45. The molecular weight excluding hydrogens is 480 g/mol. The first kappa shape index (κ1) is 28.9. The predicted octanol–water partition coefficient (Wildman–Crippen LogP) is 3.63. The summed E-state index contributed by atoms with van der Waals surface area (Å²) in [6.45, 7) is 11.2. The molecule has 202 valence electrons. The Kier molecular flexibility index (Phi) is 9.15. The van der Waals surface area contributed by atoms with Crippen LogP contribution in [0, 0.1) is 17.3 Å². The van der Waals surface area contributed by atoms with E-state index in [4.69, 9.17) is 15.2 Å². The molecule has 0 aliphatic carbocycles. The molecule has 9 heteroatoms. The number of aliphatic hydroxyl groups excluding tert-OH is 2. The molecule has 4 N–H and O–H groups in total. The third kappa shape index (κ3) is 6.61. The van der Waals surface area contributed by atoms with Crippen molar-refractivity contribution in [2.75, 3.05) is 0 Å².